The number of pyridine rings is 1. The van der Waals surface area contributed by atoms with Crippen LogP contribution < -0.4 is 10.5 Å². The molecular formula is C12H16N2O4. The van der Waals surface area contributed by atoms with Crippen molar-refractivity contribution in [1.82, 2.24) is 4.98 Å². The van der Waals surface area contributed by atoms with E-state index < -0.39 is 18.5 Å². The smallest absolute Gasteiger partial charge is 0.340 e. The molecule has 0 fully saturated rings. The number of primary amides is 1. The molecule has 1 heterocycles. The maximum Gasteiger partial charge on any atom is 0.340 e. The summed E-state index contributed by atoms with van der Waals surface area (Å²) in [6.45, 7) is 4.16. The van der Waals surface area contributed by atoms with Crippen LogP contribution in [0.15, 0.2) is 18.3 Å². The maximum absolute atomic E-state index is 11.4. The molecule has 1 rings (SSSR count). The predicted octanol–water partition coefficient (Wildman–Crippen LogP) is 0.758. The molecule has 0 radical (unpaired) electrons. The number of nitrogens with two attached hydrogens (primary N) is 1. The minimum Gasteiger partial charge on any atom is -0.477 e. The van der Waals surface area contributed by atoms with Crippen LogP contribution >= 0.6 is 0 Å². The lowest BCUT2D eigenvalue weighted by Crippen LogP contribution is -2.21. The van der Waals surface area contributed by atoms with Crippen molar-refractivity contribution < 1.29 is 19.1 Å². The highest BCUT2D eigenvalue weighted by molar-refractivity contribution is 5.90. The molecular weight excluding hydrogens is 236 g/mol. The van der Waals surface area contributed by atoms with Crippen molar-refractivity contribution in [3.8, 4) is 5.88 Å². The average molecular weight is 252 g/mol. The Balaban J connectivity index is 2.53. The van der Waals surface area contributed by atoms with E-state index in [2.05, 4.69) is 9.72 Å². The van der Waals surface area contributed by atoms with Gasteiger partial charge in [0.25, 0.3) is 5.91 Å². The van der Waals surface area contributed by atoms with Crippen LogP contribution in [0, 0.1) is 5.92 Å². The molecule has 0 aliphatic carbocycles. The second-order valence-corrected chi connectivity index (χ2v) is 4.13. The zero-order chi connectivity index (χ0) is 13.5. The third kappa shape index (κ3) is 4.82. The Kier molecular flexibility index (Phi) is 5.10. The van der Waals surface area contributed by atoms with Gasteiger partial charge in [-0.1, -0.05) is 13.8 Å². The van der Waals surface area contributed by atoms with Crippen molar-refractivity contribution in [2.24, 2.45) is 11.7 Å². The number of esters is 1. The van der Waals surface area contributed by atoms with Gasteiger partial charge in [0.05, 0.1) is 12.2 Å². The number of ether oxygens (including phenoxy) is 2. The average Bonchev–Trinajstić information content (AvgIpc) is 2.34. The first-order valence-electron chi connectivity index (χ1n) is 5.53. The largest absolute Gasteiger partial charge is 0.477 e. The first kappa shape index (κ1) is 14.0. The topological polar surface area (TPSA) is 91.5 Å². The Hall–Kier alpha value is -2.11. The first-order valence-corrected chi connectivity index (χ1v) is 5.53. The molecule has 0 saturated carbocycles. The van der Waals surface area contributed by atoms with Crippen LogP contribution in [0.25, 0.3) is 0 Å². The molecule has 0 saturated heterocycles. The second-order valence-electron chi connectivity index (χ2n) is 4.13. The highest BCUT2D eigenvalue weighted by atomic mass is 16.5. The summed E-state index contributed by atoms with van der Waals surface area (Å²) in [4.78, 5) is 25.8. The molecule has 0 bridgehead atoms. The molecule has 1 amide bonds. The molecule has 98 valence electrons. The molecule has 18 heavy (non-hydrogen) atoms. The number of hydrogen-bond acceptors (Lipinski definition) is 5. The summed E-state index contributed by atoms with van der Waals surface area (Å²) in [5, 5.41) is 0. The van der Waals surface area contributed by atoms with Crippen LogP contribution in [0.3, 0.4) is 0 Å². The summed E-state index contributed by atoms with van der Waals surface area (Å²) < 4.78 is 10.00. The van der Waals surface area contributed by atoms with E-state index in [4.69, 9.17) is 10.5 Å². The molecule has 0 aliphatic heterocycles. The summed E-state index contributed by atoms with van der Waals surface area (Å²) >= 11 is 0. The highest BCUT2D eigenvalue weighted by Crippen LogP contribution is 2.09. The van der Waals surface area contributed by atoms with Crippen molar-refractivity contribution in [2.45, 2.75) is 13.8 Å². The molecule has 0 aliphatic rings. The van der Waals surface area contributed by atoms with Gasteiger partial charge in [-0.3, -0.25) is 4.79 Å². The van der Waals surface area contributed by atoms with Crippen LogP contribution in [-0.2, 0) is 9.53 Å². The first-order chi connectivity index (χ1) is 8.49. The Bertz CT molecular complexity index is 415. The van der Waals surface area contributed by atoms with Gasteiger partial charge in [0, 0.05) is 12.3 Å². The van der Waals surface area contributed by atoms with E-state index in [0.717, 1.165) is 0 Å². The van der Waals surface area contributed by atoms with Crippen LogP contribution in [0.1, 0.15) is 24.2 Å². The molecule has 1 aromatic heterocycles. The summed E-state index contributed by atoms with van der Waals surface area (Å²) in [6.07, 6.45) is 1.33. The minimum absolute atomic E-state index is 0.244. The Morgan fingerprint density at radius 2 is 2.11 bits per heavy atom. The van der Waals surface area contributed by atoms with Gasteiger partial charge in [0.2, 0.25) is 5.88 Å². The van der Waals surface area contributed by atoms with Gasteiger partial charge in [-0.2, -0.15) is 0 Å². The number of amides is 1. The van der Waals surface area contributed by atoms with Gasteiger partial charge in [-0.25, -0.2) is 9.78 Å². The monoisotopic (exact) mass is 252 g/mol. The van der Waals surface area contributed by atoms with E-state index in [1.807, 2.05) is 13.8 Å². The molecule has 0 spiro atoms. The molecule has 6 heteroatoms. The number of aromatic nitrogens is 1. The van der Waals surface area contributed by atoms with Gasteiger partial charge in [-0.15, -0.1) is 0 Å². The Labute approximate surface area is 105 Å². The number of carbonyl (C=O) groups excluding carboxylic acids is 2. The number of carbonyl (C=O) groups is 2. The van der Waals surface area contributed by atoms with Crippen molar-refractivity contribution in [2.75, 3.05) is 13.2 Å². The lowest BCUT2D eigenvalue weighted by molar-refractivity contribution is -0.121. The third-order valence-electron chi connectivity index (χ3n) is 1.88. The Morgan fingerprint density at radius 3 is 2.61 bits per heavy atom. The van der Waals surface area contributed by atoms with E-state index >= 15 is 0 Å². The SMILES string of the molecule is CC(C)COc1ccc(C(=O)OCC(N)=O)cn1. The van der Waals surface area contributed by atoms with E-state index in [1.165, 1.54) is 12.3 Å². The molecule has 0 unspecified atom stereocenters. The molecule has 6 nitrogen and oxygen atoms in total. The van der Waals surface area contributed by atoms with Crippen molar-refractivity contribution in [1.29, 1.82) is 0 Å². The van der Waals surface area contributed by atoms with Crippen molar-refractivity contribution in [3.05, 3.63) is 23.9 Å². The Morgan fingerprint density at radius 1 is 1.39 bits per heavy atom. The fraction of sp³-hybridized carbons (Fsp3) is 0.417. The minimum atomic E-state index is -0.701. The number of nitrogens with zero attached hydrogens (tertiary/aromatic N) is 1. The van der Waals surface area contributed by atoms with Crippen molar-refractivity contribution >= 4 is 11.9 Å². The van der Waals surface area contributed by atoms with E-state index in [1.54, 1.807) is 6.07 Å². The summed E-state index contributed by atoms with van der Waals surface area (Å²) in [5.74, 6) is -0.507. The van der Waals surface area contributed by atoms with Gasteiger partial charge in [0.1, 0.15) is 0 Å². The zero-order valence-corrected chi connectivity index (χ0v) is 10.4. The van der Waals surface area contributed by atoms with E-state index in [0.29, 0.717) is 18.4 Å². The molecule has 2 N–H and O–H groups in total. The normalized spacial score (nSPS) is 10.2. The fourth-order valence-corrected chi connectivity index (χ4v) is 1.06. The van der Waals surface area contributed by atoms with Gasteiger partial charge >= 0.3 is 5.97 Å². The standard InChI is InChI=1S/C12H16N2O4/c1-8(2)6-17-11-4-3-9(5-14-11)12(16)18-7-10(13)15/h3-5,8H,6-7H2,1-2H3,(H2,13,15). The summed E-state index contributed by atoms with van der Waals surface area (Å²) in [7, 11) is 0. The molecule has 1 aromatic rings. The fourth-order valence-electron chi connectivity index (χ4n) is 1.06. The van der Waals surface area contributed by atoms with Crippen LogP contribution in [0.2, 0.25) is 0 Å². The number of rotatable bonds is 6. The predicted molar refractivity (Wildman–Crippen MR) is 64.0 cm³/mol. The summed E-state index contributed by atoms with van der Waals surface area (Å²) in [6, 6.07) is 3.09. The second kappa shape index (κ2) is 6.58. The van der Waals surface area contributed by atoms with Crippen LogP contribution in [0.5, 0.6) is 5.88 Å². The van der Waals surface area contributed by atoms with Gasteiger partial charge in [0.15, 0.2) is 6.61 Å². The van der Waals surface area contributed by atoms with Crippen LogP contribution in [-0.4, -0.2) is 30.1 Å². The zero-order valence-electron chi connectivity index (χ0n) is 10.4. The number of hydrogen-bond donors (Lipinski definition) is 1. The summed E-state index contributed by atoms with van der Waals surface area (Å²) in [5.41, 5.74) is 5.10. The lowest BCUT2D eigenvalue weighted by Gasteiger charge is -2.07. The highest BCUT2D eigenvalue weighted by Gasteiger charge is 2.09. The quantitative estimate of drug-likeness (QED) is 0.754. The van der Waals surface area contributed by atoms with E-state index in [-0.39, 0.29) is 5.56 Å². The van der Waals surface area contributed by atoms with Crippen LogP contribution in [0.4, 0.5) is 0 Å². The van der Waals surface area contributed by atoms with Gasteiger partial charge < -0.3 is 15.2 Å². The maximum atomic E-state index is 11.4. The lowest BCUT2D eigenvalue weighted by atomic mass is 10.2. The molecule has 0 atom stereocenters. The van der Waals surface area contributed by atoms with E-state index in [9.17, 15) is 9.59 Å². The molecule has 0 aromatic carbocycles. The van der Waals surface area contributed by atoms with Crippen molar-refractivity contribution in [3.63, 3.8) is 0 Å². The third-order valence-corrected chi connectivity index (χ3v) is 1.88. The van der Waals surface area contributed by atoms with Gasteiger partial charge in [-0.05, 0) is 12.0 Å².